The molecule has 2 heterocycles. The number of tetrazole rings is 1. The topological polar surface area (TPSA) is 86.9 Å². The molecule has 1 aromatic carbocycles. The van der Waals surface area contributed by atoms with Crippen molar-refractivity contribution in [2.45, 2.75) is 25.9 Å². The van der Waals surface area contributed by atoms with Crippen LogP contribution in [0.1, 0.15) is 19.4 Å². The van der Waals surface area contributed by atoms with Crippen molar-refractivity contribution in [3.05, 3.63) is 36.8 Å². The number of ether oxygens (including phenoxy) is 1. The summed E-state index contributed by atoms with van der Waals surface area (Å²) in [6.45, 7) is 3.19. The van der Waals surface area contributed by atoms with Crippen molar-refractivity contribution in [2.24, 2.45) is 0 Å². The van der Waals surface area contributed by atoms with Crippen molar-refractivity contribution in [1.29, 1.82) is 0 Å². The predicted molar refractivity (Wildman–Crippen MR) is 88.6 cm³/mol. The van der Waals surface area contributed by atoms with Crippen molar-refractivity contribution < 1.29 is 9.53 Å². The molecule has 8 heteroatoms. The minimum absolute atomic E-state index is 0.0931. The average Bonchev–Trinajstić information content (AvgIpc) is 3.27. The molecule has 0 unspecified atom stereocenters. The Balaban J connectivity index is 1.51. The SMILES string of the molecule is COc1ccc2c(ccn2CCCNC(=O)[C@H](C)n2cnnn2)c1. The van der Waals surface area contributed by atoms with Gasteiger partial charge in [0.05, 0.1) is 7.11 Å². The van der Waals surface area contributed by atoms with E-state index in [9.17, 15) is 4.79 Å². The zero-order valence-corrected chi connectivity index (χ0v) is 13.7. The lowest BCUT2D eigenvalue weighted by molar-refractivity contribution is -0.124. The van der Waals surface area contributed by atoms with Gasteiger partial charge in [-0.1, -0.05) is 0 Å². The van der Waals surface area contributed by atoms with Gasteiger partial charge < -0.3 is 14.6 Å². The van der Waals surface area contributed by atoms with Crippen LogP contribution in [0.4, 0.5) is 0 Å². The molecule has 0 bridgehead atoms. The molecule has 0 aliphatic carbocycles. The summed E-state index contributed by atoms with van der Waals surface area (Å²) in [5.41, 5.74) is 1.16. The number of nitrogens with one attached hydrogen (secondary N) is 1. The number of hydrogen-bond acceptors (Lipinski definition) is 5. The molecule has 0 aliphatic rings. The molecule has 8 nitrogen and oxygen atoms in total. The molecular weight excluding hydrogens is 308 g/mol. The zero-order valence-electron chi connectivity index (χ0n) is 13.7. The highest BCUT2D eigenvalue weighted by molar-refractivity contribution is 5.81. The first kappa shape index (κ1) is 16.0. The van der Waals surface area contributed by atoms with E-state index in [0.29, 0.717) is 6.54 Å². The fourth-order valence-electron chi connectivity index (χ4n) is 2.57. The zero-order chi connectivity index (χ0) is 16.9. The minimum atomic E-state index is -0.417. The fourth-order valence-corrected chi connectivity index (χ4v) is 2.57. The van der Waals surface area contributed by atoms with E-state index in [4.69, 9.17) is 4.74 Å². The first-order valence-corrected chi connectivity index (χ1v) is 7.82. The van der Waals surface area contributed by atoms with Crippen molar-refractivity contribution in [3.8, 4) is 5.75 Å². The molecule has 1 N–H and O–H groups in total. The van der Waals surface area contributed by atoms with Crippen molar-refractivity contribution in [3.63, 3.8) is 0 Å². The lowest BCUT2D eigenvalue weighted by Crippen LogP contribution is -2.32. The highest BCUT2D eigenvalue weighted by Crippen LogP contribution is 2.21. The van der Waals surface area contributed by atoms with Gasteiger partial charge in [-0.3, -0.25) is 4.79 Å². The third-order valence-corrected chi connectivity index (χ3v) is 3.99. The Morgan fingerprint density at radius 3 is 3.00 bits per heavy atom. The summed E-state index contributed by atoms with van der Waals surface area (Å²) >= 11 is 0. The summed E-state index contributed by atoms with van der Waals surface area (Å²) < 4.78 is 8.84. The monoisotopic (exact) mass is 328 g/mol. The Labute approximate surface area is 139 Å². The summed E-state index contributed by atoms with van der Waals surface area (Å²) in [5.74, 6) is 0.758. The number of methoxy groups -OCH3 is 1. The molecule has 0 radical (unpaired) electrons. The van der Waals surface area contributed by atoms with Crippen LogP contribution >= 0.6 is 0 Å². The lowest BCUT2D eigenvalue weighted by Gasteiger charge is -2.12. The number of fused-ring (bicyclic) bond motifs is 1. The summed E-state index contributed by atoms with van der Waals surface area (Å²) in [5, 5.41) is 14.9. The van der Waals surface area contributed by atoms with Crippen LogP contribution in [-0.2, 0) is 11.3 Å². The third kappa shape index (κ3) is 3.37. The van der Waals surface area contributed by atoms with Gasteiger partial charge >= 0.3 is 0 Å². The van der Waals surface area contributed by atoms with E-state index in [2.05, 4.69) is 37.7 Å². The number of aromatic nitrogens is 5. The van der Waals surface area contributed by atoms with Crippen LogP contribution in [0.3, 0.4) is 0 Å². The van der Waals surface area contributed by atoms with Gasteiger partial charge in [-0.2, -0.15) is 0 Å². The average molecular weight is 328 g/mol. The van der Waals surface area contributed by atoms with Crippen molar-refractivity contribution >= 4 is 16.8 Å². The molecule has 2 aromatic heterocycles. The van der Waals surface area contributed by atoms with Crippen LogP contribution in [0.2, 0.25) is 0 Å². The predicted octanol–water partition coefficient (Wildman–Crippen LogP) is 1.40. The number of carbonyl (C=O) groups is 1. The molecule has 0 saturated heterocycles. The Morgan fingerprint density at radius 2 is 2.25 bits per heavy atom. The Bertz CT molecular complexity index is 811. The lowest BCUT2D eigenvalue weighted by atomic mass is 10.2. The van der Waals surface area contributed by atoms with Crippen LogP contribution in [0, 0.1) is 0 Å². The fraction of sp³-hybridized carbons (Fsp3) is 0.375. The van der Waals surface area contributed by atoms with Crippen LogP contribution in [-0.4, -0.2) is 44.3 Å². The molecular formula is C16H20N6O2. The number of benzene rings is 1. The van der Waals surface area contributed by atoms with E-state index < -0.39 is 6.04 Å². The minimum Gasteiger partial charge on any atom is -0.497 e. The van der Waals surface area contributed by atoms with Gasteiger partial charge in [0.2, 0.25) is 5.91 Å². The molecule has 1 atom stereocenters. The van der Waals surface area contributed by atoms with Gasteiger partial charge in [0, 0.05) is 30.2 Å². The van der Waals surface area contributed by atoms with Crippen molar-refractivity contribution in [2.75, 3.05) is 13.7 Å². The molecule has 126 valence electrons. The second kappa shape index (κ2) is 7.12. The highest BCUT2D eigenvalue weighted by Gasteiger charge is 2.15. The number of hydrogen-bond donors (Lipinski definition) is 1. The number of carbonyl (C=O) groups excluding carboxylic acids is 1. The van der Waals surface area contributed by atoms with Gasteiger partial charge in [-0.15, -0.1) is 5.10 Å². The van der Waals surface area contributed by atoms with Gasteiger partial charge in [0.1, 0.15) is 18.1 Å². The Morgan fingerprint density at radius 1 is 1.38 bits per heavy atom. The maximum atomic E-state index is 12.0. The highest BCUT2D eigenvalue weighted by atomic mass is 16.5. The van der Waals surface area contributed by atoms with Crippen LogP contribution in [0.15, 0.2) is 36.8 Å². The quantitative estimate of drug-likeness (QED) is 0.663. The van der Waals surface area contributed by atoms with Crippen LogP contribution in [0.25, 0.3) is 10.9 Å². The van der Waals surface area contributed by atoms with Crippen molar-refractivity contribution in [1.82, 2.24) is 30.1 Å². The van der Waals surface area contributed by atoms with Gasteiger partial charge in [0.15, 0.2) is 0 Å². The van der Waals surface area contributed by atoms with E-state index in [1.54, 1.807) is 14.0 Å². The Kier molecular flexibility index (Phi) is 4.74. The van der Waals surface area contributed by atoms with E-state index in [1.165, 1.54) is 11.0 Å². The first-order chi connectivity index (χ1) is 11.7. The molecule has 0 spiro atoms. The van der Waals surface area contributed by atoms with Crippen LogP contribution in [0.5, 0.6) is 5.75 Å². The maximum Gasteiger partial charge on any atom is 0.244 e. The molecule has 24 heavy (non-hydrogen) atoms. The second-order valence-corrected chi connectivity index (χ2v) is 5.54. The largest absolute Gasteiger partial charge is 0.497 e. The molecule has 3 aromatic rings. The standard InChI is InChI=1S/C16H20N6O2/c1-12(22-11-18-19-20-22)16(23)17-7-3-8-21-9-6-13-10-14(24-2)4-5-15(13)21/h4-6,9-12H,3,7-8H2,1-2H3,(H,17,23)/t12-/m0/s1. The second-order valence-electron chi connectivity index (χ2n) is 5.54. The van der Waals surface area contributed by atoms with E-state index in [-0.39, 0.29) is 5.91 Å². The maximum absolute atomic E-state index is 12.0. The van der Waals surface area contributed by atoms with Gasteiger partial charge in [-0.25, -0.2) is 4.68 Å². The number of nitrogens with zero attached hydrogens (tertiary/aromatic N) is 5. The molecule has 1 amide bonds. The Hall–Kier alpha value is -2.90. The molecule has 0 fully saturated rings. The van der Waals surface area contributed by atoms with E-state index >= 15 is 0 Å². The number of amides is 1. The summed E-state index contributed by atoms with van der Waals surface area (Å²) in [7, 11) is 1.66. The van der Waals surface area contributed by atoms with E-state index in [0.717, 1.165) is 29.6 Å². The normalized spacial score (nSPS) is 12.2. The third-order valence-electron chi connectivity index (χ3n) is 3.99. The van der Waals surface area contributed by atoms with Gasteiger partial charge in [0.25, 0.3) is 0 Å². The smallest absolute Gasteiger partial charge is 0.244 e. The first-order valence-electron chi connectivity index (χ1n) is 7.82. The number of rotatable bonds is 7. The summed E-state index contributed by atoms with van der Waals surface area (Å²) in [4.78, 5) is 12.0. The summed E-state index contributed by atoms with van der Waals surface area (Å²) in [6.07, 6.45) is 4.32. The number of aryl methyl sites for hydroxylation is 1. The molecule has 0 aliphatic heterocycles. The van der Waals surface area contributed by atoms with Crippen LogP contribution < -0.4 is 10.1 Å². The van der Waals surface area contributed by atoms with E-state index in [1.807, 2.05) is 18.2 Å². The van der Waals surface area contributed by atoms with Gasteiger partial charge in [-0.05, 0) is 48.0 Å². The molecule has 0 saturated carbocycles. The summed E-state index contributed by atoms with van der Waals surface area (Å²) in [6, 6.07) is 7.67. The molecule has 3 rings (SSSR count).